The van der Waals surface area contributed by atoms with Crippen LogP contribution in [0.2, 0.25) is 0 Å². The summed E-state index contributed by atoms with van der Waals surface area (Å²) < 4.78 is 12.8. The van der Waals surface area contributed by atoms with E-state index in [1.54, 1.807) is 18.1 Å². The molecule has 1 amide bonds. The number of halogens is 2. The number of benzene rings is 1. The van der Waals surface area contributed by atoms with Gasteiger partial charge in [0.05, 0.1) is 0 Å². The fraction of sp³-hybridized carbons (Fsp3) is 0.200. The second-order valence-electron chi connectivity index (χ2n) is 4.30. The molecule has 0 atom stereocenters. The Morgan fingerprint density at radius 2 is 1.90 bits per heavy atom. The molecule has 0 aliphatic carbocycles. The highest BCUT2D eigenvalue weighted by molar-refractivity contribution is 5.94. The Kier molecular flexibility index (Phi) is 6.12. The fourth-order valence-electron chi connectivity index (χ4n) is 1.74. The molecule has 0 saturated heterocycles. The van der Waals surface area contributed by atoms with Gasteiger partial charge >= 0.3 is 0 Å². The number of hydrogen-bond donors (Lipinski definition) is 0. The molecule has 0 spiro atoms. The van der Waals surface area contributed by atoms with Crippen LogP contribution in [0.3, 0.4) is 0 Å². The van der Waals surface area contributed by atoms with Crippen molar-refractivity contribution in [1.82, 2.24) is 9.88 Å². The average Bonchev–Trinajstić information content (AvgIpc) is 2.46. The molecule has 1 aromatic carbocycles. The van der Waals surface area contributed by atoms with Gasteiger partial charge in [-0.3, -0.25) is 9.78 Å². The van der Waals surface area contributed by atoms with Crippen LogP contribution in [0.25, 0.3) is 0 Å². The van der Waals surface area contributed by atoms with Crippen LogP contribution in [0.4, 0.5) is 4.39 Å². The minimum Gasteiger partial charge on any atom is -0.341 e. The van der Waals surface area contributed by atoms with Gasteiger partial charge in [0, 0.05) is 37.5 Å². The molecular weight excluding hydrogens is 279 g/mol. The molecule has 0 aliphatic rings. The highest BCUT2D eigenvalue weighted by Crippen LogP contribution is 2.06. The standard InChI is InChI=1S/C15H15FN2O.ClH/c1-18(11-9-14-4-2-3-10-17-14)15(19)12-5-7-13(16)8-6-12;/h2-8,10H,9,11H2,1H3;1H. The van der Waals surface area contributed by atoms with Crippen molar-refractivity contribution in [3.8, 4) is 0 Å². The van der Waals surface area contributed by atoms with E-state index in [9.17, 15) is 9.18 Å². The SMILES string of the molecule is CN(CCc1ccccn1)C(=O)c1ccc(F)cc1.Cl. The molecule has 3 nitrogen and oxygen atoms in total. The van der Waals surface area contributed by atoms with Crippen LogP contribution in [0.5, 0.6) is 0 Å². The Bertz CT molecular complexity index is 546. The molecule has 0 fully saturated rings. The zero-order valence-corrected chi connectivity index (χ0v) is 11.9. The number of carbonyl (C=O) groups excluding carboxylic acids is 1. The van der Waals surface area contributed by atoms with Gasteiger partial charge in [0.2, 0.25) is 0 Å². The lowest BCUT2D eigenvalue weighted by molar-refractivity contribution is 0.0796. The first-order valence-electron chi connectivity index (χ1n) is 6.08. The molecule has 2 aromatic rings. The van der Waals surface area contributed by atoms with E-state index in [2.05, 4.69) is 4.98 Å². The topological polar surface area (TPSA) is 33.2 Å². The van der Waals surface area contributed by atoms with E-state index in [-0.39, 0.29) is 24.1 Å². The number of hydrogen-bond acceptors (Lipinski definition) is 2. The maximum Gasteiger partial charge on any atom is 0.253 e. The minimum absolute atomic E-state index is 0. The lowest BCUT2D eigenvalue weighted by Crippen LogP contribution is -2.28. The van der Waals surface area contributed by atoms with Crippen molar-refractivity contribution >= 4 is 18.3 Å². The second-order valence-corrected chi connectivity index (χ2v) is 4.30. The van der Waals surface area contributed by atoms with Gasteiger partial charge in [-0.15, -0.1) is 12.4 Å². The van der Waals surface area contributed by atoms with Gasteiger partial charge in [-0.05, 0) is 36.4 Å². The summed E-state index contributed by atoms with van der Waals surface area (Å²) in [5.74, 6) is -0.455. The highest BCUT2D eigenvalue weighted by atomic mass is 35.5. The Morgan fingerprint density at radius 3 is 2.50 bits per heavy atom. The van der Waals surface area contributed by atoms with E-state index in [0.29, 0.717) is 18.5 Å². The molecule has 5 heteroatoms. The predicted octanol–water partition coefficient (Wildman–Crippen LogP) is 2.96. The highest BCUT2D eigenvalue weighted by Gasteiger charge is 2.11. The smallest absolute Gasteiger partial charge is 0.253 e. The van der Waals surface area contributed by atoms with Gasteiger partial charge in [-0.1, -0.05) is 6.07 Å². The maximum absolute atomic E-state index is 12.8. The number of likely N-dealkylation sites (N-methyl/N-ethyl adjacent to an activating group) is 1. The van der Waals surface area contributed by atoms with Crippen LogP contribution in [-0.2, 0) is 6.42 Å². The summed E-state index contributed by atoms with van der Waals surface area (Å²) in [5.41, 5.74) is 1.44. The van der Waals surface area contributed by atoms with Gasteiger partial charge < -0.3 is 4.90 Å². The zero-order chi connectivity index (χ0) is 13.7. The summed E-state index contributed by atoms with van der Waals surface area (Å²) >= 11 is 0. The first kappa shape index (κ1) is 16.1. The van der Waals surface area contributed by atoms with Crippen molar-refractivity contribution in [3.63, 3.8) is 0 Å². The van der Waals surface area contributed by atoms with Gasteiger partial charge in [0.25, 0.3) is 5.91 Å². The van der Waals surface area contributed by atoms with E-state index in [1.165, 1.54) is 24.3 Å². The largest absolute Gasteiger partial charge is 0.341 e. The molecule has 0 radical (unpaired) electrons. The summed E-state index contributed by atoms with van der Waals surface area (Å²) in [6, 6.07) is 11.3. The van der Waals surface area contributed by atoms with Crippen molar-refractivity contribution in [2.45, 2.75) is 6.42 Å². The number of nitrogens with zero attached hydrogens (tertiary/aromatic N) is 2. The quantitative estimate of drug-likeness (QED) is 0.868. The van der Waals surface area contributed by atoms with Crippen molar-refractivity contribution < 1.29 is 9.18 Å². The fourth-order valence-corrected chi connectivity index (χ4v) is 1.74. The molecule has 0 aliphatic heterocycles. The van der Waals surface area contributed by atoms with Gasteiger partial charge in [0.15, 0.2) is 0 Å². The number of pyridine rings is 1. The zero-order valence-electron chi connectivity index (χ0n) is 11.1. The molecule has 0 saturated carbocycles. The Balaban J connectivity index is 0.00000200. The van der Waals surface area contributed by atoms with Gasteiger partial charge in [-0.25, -0.2) is 4.39 Å². The monoisotopic (exact) mass is 294 g/mol. The molecule has 2 rings (SSSR count). The summed E-state index contributed by atoms with van der Waals surface area (Å²) in [6.07, 6.45) is 2.43. The molecule has 0 bridgehead atoms. The van der Waals surface area contributed by atoms with Crippen molar-refractivity contribution in [1.29, 1.82) is 0 Å². The molecular formula is C15H16ClFN2O. The van der Waals surface area contributed by atoms with Gasteiger partial charge in [-0.2, -0.15) is 0 Å². The minimum atomic E-state index is -0.340. The summed E-state index contributed by atoms with van der Waals surface area (Å²) in [7, 11) is 1.73. The summed E-state index contributed by atoms with van der Waals surface area (Å²) in [6.45, 7) is 0.577. The van der Waals surface area contributed by atoms with Crippen molar-refractivity contribution in [2.24, 2.45) is 0 Å². The molecule has 0 N–H and O–H groups in total. The molecule has 1 aromatic heterocycles. The van der Waals surface area contributed by atoms with E-state index in [1.807, 2.05) is 18.2 Å². The van der Waals surface area contributed by atoms with Crippen LogP contribution < -0.4 is 0 Å². The summed E-state index contributed by atoms with van der Waals surface area (Å²) in [4.78, 5) is 17.9. The first-order chi connectivity index (χ1) is 9.16. The lowest BCUT2D eigenvalue weighted by atomic mass is 10.2. The Hall–Kier alpha value is -1.94. The van der Waals surface area contributed by atoms with E-state index < -0.39 is 0 Å². The number of rotatable bonds is 4. The van der Waals surface area contributed by atoms with Crippen LogP contribution in [0.1, 0.15) is 16.1 Å². The number of amides is 1. The normalized spacial score (nSPS) is 9.70. The number of aromatic nitrogens is 1. The van der Waals surface area contributed by atoms with Gasteiger partial charge in [0.1, 0.15) is 5.82 Å². The molecule has 20 heavy (non-hydrogen) atoms. The van der Waals surface area contributed by atoms with Crippen LogP contribution in [0.15, 0.2) is 48.7 Å². The van der Waals surface area contributed by atoms with Crippen LogP contribution in [0, 0.1) is 5.82 Å². The molecule has 1 heterocycles. The molecule has 0 unspecified atom stereocenters. The maximum atomic E-state index is 12.8. The summed E-state index contributed by atoms with van der Waals surface area (Å²) in [5, 5.41) is 0. The Labute approximate surface area is 123 Å². The predicted molar refractivity (Wildman–Crippen MR) is 78.5 cm³/mol. The number of carbonyl (C=O) groups is 1. The van der Waals surface area contributed by atoms with E-state index >= 15 is 0 Å². The van der Waals surface area contributed by atoms with Crippen molar-refractivity contribution in [2.75, 3.05) is 13.6 Å². The van der Waals surface area contributed by atoms with Crippen LogP contribution in [-0.4, -0.2) is 29.4 Å². The van der Waals surface area contributed by atoms with E-state index in [4.69, 9.17) is 0 Å². The van der Waals surface area contributed by atoms with E-state index in [0.717, 1.165) is 5.69 Å². The third-order valence-electron chi connectivity index (χ3n) is 2.87. The lowest BCUT2D eigenvalue weighted by Gasteiger charge is -2.16. The van der Waals surface area contributed by atoms with Crippen LogP contribution >= 0.6 is 12.4 Å². The third kappa shape index (κ3) is 4.31. The average molecular weight is 295 g/mol. The molecule has 106 valence electrons. The first-order valence-corrected chi connectivity index (χ1v) is 6.08. The third-order valence-corrected chi connectivity index (χ3v) is 2.87. The second kappa shape index (κ2) is 7.60. The van der Waals surface area contributed by atoms with Crippen molar-refractivity contribution in [3.05, 3.63) is 65.7 Å². The Morgan fingerprint density at radius 1 is 1.20 bits per heavy atom.